The number of aromatic nitrogens is 2. The molecule has 2 heterocycles. The van der Waals surface area contributed by atoms with Crippen LogP contribution in [0.2, 0.25) is 10.0 Å². The van der Waals surface area contributed by atoms with Gasteiger partial charge in [0, 0.05) is 41.4 Å². The molecule has 0 aliphatic carbocycles. The Morgan fingerprint density at radius 2 is 1.69 bits per heavy atom. The molecule has 0 bridgehead atoms. The van der Waals surface area contributed by atoms with Crippen LogP contribution in [0.4, 0.5) is 0 Å². The number of amides is 1. The Balaban J connectivity index is 1.45. The van der Waals surface area contributed by atoms with E-state index in [4.69, 9.17) is 23.2 Å². The Labute approximate surface area is 197 Å². The summed E-state index contributed by atoms with van der Waals surface area (Å²) in [5.41, 5.74) is 2.89. The second-order valence-corrected chi connectivity index (χ2v) is 11.1. The van der Waals surface area contributed by atoms with E-state index in [9.17, 15) is 13.2 Å². The first kappa shape index (κ1) is 22.8. The van der Waals surface area contributed by atoms with E-state index in [1.165, 1.54) is 0 Å². The predicted molar refractivity (Wildman–Crippen MR) is 126 cm³/mol. The fourth-order valence-electron chi connectivity index (χ4n) is 3.94. The first-order chi connectivity index (χ1) is 15.2. The molecule has 1 aliphatic rings. The smallest absolute Gasteiger partial charge is 0.274 e. The third-order valence-corrected chi connectivity index (χ3v) is 8.75. The molecule has 1 saturated heterocycles. The van der Waals surface area contributed by atoms with Gasteiger partial charge in [0.2, 0.25) is 0 Å². The van der Waals surface area contributed by atoms with Crippen molar-refractivity contribution in [2.24, 2.45) is 7.05 Å². The van der Waals surface area contributed by atoms with Gasteiger partial charge in [0.05, 0.1) is 10.1 Å². The van der Waals surface area contributed by atoms with Crippen LogP contribution in [-0.4, -0.2) is 47.3 Å². The van der Waals surface area contributed by atoms with Gasteiger partial charge in [-0.2, -0.15) is 5.10 Å². The van der Waals surface area contributed by atoms with E-state index in [1.807, 2.05) is 13.0 Å². The highest BCUT2D eigenvalue weighted by Gasteiger charge is 2.33. The Morgan fingerprint density at radius 3 is 2.25 bits per heavy atom. The largest absolute Gasteiger partial charge is 0.337 e. The maximum absolute atomic E-state index is 13.2. The zero-order chi connectivity index (χ0) is 23.0. The lowest BCUT2D eigenvalue weighted by molar-refractivity contribution is 0.0719. The van der Waals surface area contributed by atoms with Gasteiger partial charge in [-0.3, -0.25) is 9.48 Å². The third kappa shape index (κ3) is 4.42. The van der Waals surface area contributed by atoms with Gasteiger partial charge in [0.1, 0.15) is 0 Å². The number of likely N-dealkylation sites (tertiary alicyclic amines) is 1. The predicted octanol–water partition coefficient (Wildman–Crippen LogP) is 4.78. The van der Waals surface area contributed by atoms with Crippen molar-refractivity contribution in [2.75, 3.05) is 13.1 Å². The van der Waals surface area contributed by atoms with Crippen molar-refractivity contribution in [3.63, 3.8) is 0 Å². The average Bonchev–Trinajstić information content (AvgIpc) is 3.12. The summed E-state index contributed by atoms with van der Waals surface area (Å²) >= 11 is 12.2. The molecule has 0 saturated carbocycles. The summed E-state index contributed by atoms with van der Waals surface area (Å²) < 4.78 is 28.0. The Kier molecular flexibility index (Phi) is 6.34. The molecule has 6 nitrogen and oxygen atoms in total. The highest BCUT2D eigenvalue weighted by molar-refractivity contribution is 7.92. The Morgan fingerprint density at radius 1 is 1.03 bits per heavy atom. The summed E-state index contributed by atoms with van der Waals surface area (Å²) in [6, 6.07) is 13.7. The zero-order valence-corrected chi connectivity index (χ0v) is 20.1. The number of nitrogens with zero attached hydrogens (tertiary/aromatic N) is 3. The van der Waals surface area contributed by atoms with Crippen molar-refractivity contribution < 1.29 is 13.2 Å². The minimum absolute atomic E-state index is 0.159. The summed E-state index contributed by atoms with van der Waals surface area (Å²) in [4.78, 5) is 14.6. The van der Waals surface area contributed by atoms with Gasteiger partial charge in [-0.1, -0.05) is 41.4 Å². The molecule has 1 amide bonds. The minimum Gasteiger partial charge on any atom is -0.337 e. The number of aryl methyl sites for hydroxylation is 2. The van der Waals surface area contributed by atoms with E-state index in [-0.39, 0.29) is 10.8 Å². The fraction of sp³-hybridized carbons (Fsp3) is 0.304. The van der Waals surface area contributed by atoms with Gasteiger partial charge in [0.25, 0.3) is 5.91 Å². The second-order valence-electron chi connectivity index (χ2n) is 7.98. The Hall–Kier alpha value is -2.35. The molecule has 0 radical (unpaired) electrons. The van der Waals surface area contributed by atoms with Gasteiger partial charge in [0.15, 0.2) is 15.5 Å². The molecule has 168 valence electrons. The van der Waals surface area contributed by atoms with Crippen LogP contribution in [0.3, 0.4) is 0 Å². The maximum Gasteiger partial charge on any atom is 0.274 e. The summed E-state index contributed by atoms with van der Waals surface area (Å²) in [6.45, 7) is 2.66. The maximum atomic E-state index is 13.2. The summed E-state index contributed by atoms with van der Waals surface area (Å²) in [6.07, 6.45) is 0.787. The number of benzene rings is 2. The van der Waals surface area contributed by atoms with Crippen LogP contribution in [0.5, 0.6) is 0 Å². The number of rotatable bonds is 4. The molecule has 0 spiro atoms. The molecular weight excluding hydrogens is 469 g/mol. The van der Waals surface area contributed by atoms with Gasteiger partial charge in [-0.15, -0.1) is 0 Å². The SMILES string of the molecule is Cc1cc(C(=O)N2CCC(S(=O)(=O)c3ccc(-c4ccc(Cl)cc4Cl)cc3)CC2)nn1C. The van der Waals surface area contributed by atoms with Crippen LogP contribution in [0.1, 0.15) is 29.0 Å². The van der Waals surface area contributed by atoms with Crippen LogP contribution < -0.4 is 0 Å². The number of piperidine rings is 1. The van der Waals surface area contributed by atoms with Crippen LogP contribution in [0.15, 0.2) is 53.4 Å². The monoisotopic (exact) mass is 491 g/mol. The normalized spacial score (nSPS) is 15.2. The first-order valence-corrected chi connectivity index (χ1v) is 12.6. The second kappa shape index (κ2) is 8.89. The molecular formula is C23H23Cl2N3O3S. The molecule has 0 N–H and O–H groups in total. The number of hydrogen-bond acceptors (Lipinski definition) is 4. The number of carbonyl (C=O) groups is 1. The van der Waals surface area contributed by atoms with Crippen molar-refractivity contribution in [2.45, 2.75) is 29.9 Å². The number of sulfone groups is 1. The number of carbonyl (C=O) groups excluding carboxylic acids is 1. The molecule has 0 unspecified atom stereocenters. The summed E-state index contributed by atoms with van der Waals surface area (Å²) in [7, 11) is -1.72. The molecule has 1 aliphatic heterocycles. The highest BCUT2D eigenvalue weighted by atomic mass is 35.5. The van der Waals surface area contributed by atoms with Gasteiger partial charge in [-0.05, 0) is 55.7 Å². The van der Waals surface area contributed by atoms with E-state index in [0.717, 1.165) is 16.8 Å². The summed E-state index contributed by atoms with van der Waals surface area (Å²) in [5.74, 6) is -0.159. The molecule has 0 atom stereocenters. The van der Waals surface area contributed by atoms with Gasteiger partial charge >= 0.3 is 0 Å². The number of hydrogen-bond donors (Lipinski definition) is 0. The average molecular weight is 492 g/mol. The molecule has 9 heteroatoms. The van der Waals surface area contributed by atoms with E-state index in [1.54, 1.807) is 59.1 Å². The molecule has 32 heavy (non-hydrogen) atoms. The number of halogens is 2. The summed E-state index contributed by atoms with van der Waals surface area (Å²) in [5, 5.41) is 4.76. The van der Waals surface area contributed by atoms with Crippen LogP contribution in [-0.2, 0) is 16.9 Å². The van der Waals surface area contributed by atoms with Crippen molar-refractivity contribution >= 4 is 38.9 Å². The van der Waals surface area contributed by atoms with Gasteiger partial charge in [-0.25, -0.2) is 8.42 Å². The van der Waals surface area contributed by atoms with Gasteiger partial charge < -0.3 is 4.90 Å². The molecule has 1 aromatic heterocycles. The molecule has 3 aromatic rings. The standard InChI is InChI=1S/C23H23Cl2N3O3S/c1-15-13-22(26-27(15)2)23(29)28-11-9-19(10-12-28)32(30,31)18-6-3-16(4-7-18)20-8-5-17(24)14-21(20)25/h3-8,13-14,19H,9-12H2,1-2H3. The van der Waals surface area contributed by atoms with Crippen LogP contribution in [0, 0.1) is 6.92 Å². The molecule has 4 rings (SSSR count). The molecule has 1 fully saturated rings. The lowest BCUT2D eigenvalue weighted by atomic mass is 10.1. The van der Waals surface area contributed by atoms with Crippen molar-refractivity contribution in [1.82, 2.24) is 14.7 Å². The lowest BCUT2D eigenvalue weighted by Crippen LogP contribution is -2.42. The Bertz CT molecular complexity index is 1240. The van der Waals surface area contributed by atoms with E-state index >= 15 is 0 Å². The van der Waals surface area contributed by atoms with E-state index < -0.39 is 15.1 Å². The van der Waals surface area contributed by atoms with Crippen molar-refractivity contribution in [1.29, 1.82) is 0 Å². The third-order valence-electron chi connectivity index (χ3n) is 5.93. The van der Waals surface area contributed by atoms with Crippen LogP contribution >= 0.6 is 23.2 Å². The fourth-order valence-corrected chi connectivity index (χ4v) is 6.19. The van der Waals surface area contributed by atoms with Crippen molar-refractivity contribution in [3.8, 4) is 11.1 Å². The minimum atomic E-state index is -3.51. The van der Waals surface area contributed by atoms with Crippen molar-refractivity contribution in [3.05, 3.63) is 70.0 Å². The first-order valence-electron chi connectivity index (χ1n) is 10.3. The topological polar surface area (TPSA) is 72.3 Å². The van der Waals surface area contributed by atoms with Crippen LogP contribution in [0.25, 0.3) is 11.1 Å². The lowest BCUT2D eigenvalue weighted by Gasteiger charge is -2.31. The van der Waals surface area contributed by atoms with E-state index in [0.29, 0.717) is 41.7 Å². The molecule has 2 aromatic carbocycles. The zero-order valence-electron chi connectivity index (χ0n) is 17.8. The quantitative estimate of drug-likeness (QED) is 0.526. The van der Waals surface area contributed by atoms with E-state index in [2.05, 4.69) is 5.10 Å². The highest BCUT2D eigenvalue weighted by Crippen LogP contribution is 2.32.